The van der Waals surface area contributed by atoms with Crippen LogP contribution in [0, 0.1) is 13.8 Å². The molecule has 116 valence electrons. The fraction of sp³-hybridized carbons (Fsp3) is 0.105. The Morgan fingerprint density at radius 3 is 2.17 bits per heavy atom. The molecule has 0 spiro atoms. The maximum Gasteiger partial charge on any atom is 0.175 e. The number of nitrogens with one attached hydrogen (secondary N) is 2. The molecule has 3 rings (SSSR count). The second-order valence-corrected chi connectivity index (χ2v) is 5.93. The van der Waals surface area contributed by atoms with E-state index < -0.39 is 0 Å². The molecule has 0 bridgehead atoms. The van der Waals surface area contributed by atoms with Gasteiger partial charge in [0.2, 0.25) is 0 Å². The van der Waals surface area contributed by atoms with Gasteiger partial charge in [-0.05, 0) is 49.3 Å². The number of anilines is 2. The van der Waals surface area contributed by atoms with Gasteiger partial charge in [-0.1, -0.05) is 42.5 Å². The van der Waals surface area contributed by atoms with Crippen LogP contribution < -0.4 is 10.6 Å². The Balaban J connectivity index is 1.88. The largest absolute Gasteiger partial charge is 0.507 e. The molecule has 0 heterocycles. The number of phenols is 1. The Morgan fingerprint density at radius 2 is 1.43 bits per heavy atom. The zero-order valence-electron chi connectivity index (χ0n) is 13.1. The fourth-order valence-electron chi connectivity index (χ4n) is 2.68. The van der Waals surface area contributed by atoms with E-state index in [4.69, 9.17) is 12.2 Å². The van der Waals surface area contributed by atoms with Crippen LogP contribution in [-0.4, -0.2) is 10.2 Å². The molecule has 0 atom stereocenters. The van der Waals surface area contributed by atoms with E-state index in [1.54, 1.807) is 6.07 Å². The summed E-state index contributed by atoms with van der Waals surface area (Å²) in [7, 11) is 0. The number of hydrogen-bond acceptors (Lipinski definition) is 2. The van der Waals surface area contributed by atoms with Gasteiger partial charge in [-0.25, -0.2) is 0 Å². The molecule has 3 nitrogen and oxygen atoms in total. The quantitative estimate of drug-likeness (QED) is 0.583. The molecule has 3 aromatic rings. The highest BCUT2D eigenvalue weighted by molar-refractivity contribution is 7.80. The van der Waals surface area contributed by atoms with Crippen molar-refractivity contribution in [3.8, 4) is 5.75 Å². The van der Waals surface area contributed by atoms with E-state index in [9.17, 15) is 5.11 Å². The third kappa shape index (κ3) is 3.12. The second kappa shape index (κ2) is 6.26. The molecule has 0 aliphatic rings. The van der Waals surface area contributed by atoms with Gasteiger partial charge in [-0.2, -0.15) is 0 Å². The smallest absolute Gasteiger partial charge is 0.175 e. The maximum absolute atomic E-state index is 9.96. The van der Waals surface area contributed by atoms with Gasteiger partial charge in [0, 0.05) is 22.1 Å². The molecule has 3 aromatic carbocycles. The highest BCUT2D eigenvalue weighted by Crippen LogP contribution is 2.30. The summed E-state index contributed by atoms with van der Waals surface area (Å²) < 4.78 is 0. The van der Waals surface area contributed by atoms with Gasteiger partial charge in [0.25, 0.3) is 0 Å². The first-order valence-electron chi connectivity index (χ1n) is 7.41. The molecule has 23 heavy (non-hydrogen) atoms. The lowest BCUT2D eigenvalue weighted by Gasteiger charge is -2.16. The van der Waals surface area contributed by atoms with E-state index in [1.807, 2.05) is 62.4 Å². The van der Waals surface area contributed by atoms with Crippen LogP contribution in [0.5, 0.6) is 5.75 Å². The minimum atomic E-state index is 0.264. The van der Waals surface area contributed by atoms with Crippen molar-refractivity contribution in [1.82, 2.24) is 0 Å². The van der Waals surface area contributed by atoms with Gasteiger partial charge in [-0.15, -0.1) is 0 Å². The Kier molecular flexibility index (Phi) is 4.17. The van der Waals surface area contributed by atoms with Gasteiger partial charge in [-0.3, -0.25) is 0 Å². The van der Waals surface area contributed by atoms with Crippen molar-refractivity contribution in [3.05, 3.63) is 65.7 Å². The van der Waals surface area contributed by atoms with Crippen LogP contribution in [0.15, 0.2) is 54.6 Å². The number of fused-ring (bicyclic) bond motifs is 1. The summed E-state index contributed by atoms with van der Waals surface area (Å²) in [5, 5.41) is 18.7. The topological polar surface area (TPSA) is 44.3 Å². The van der Waals surface area contributed by atoms with Gasteiger partial charge >= 0.3 is 0 Å². The molecule has 0 saturated heterocycles. The normalized spacial score (nSPS) is 10.5. The third-order valence-corrected chi connectivity index (χ3v) is 4.07. The van der Waals surface area contributed by atoms with Gasteiger partial charge in [0.15, 0.2) is 5.11 Å². The highest BCUT2D eigenvalue weighted by atomic mass is 32.1. The second-order valence-electron chi connectivity index (χ2n) is 5.52. The van der Waals surface area contributed by atoms with Crippen molar-refractivity contribution in [2.75, 3.05) is 10.6 Å². The minimum absolute atomic E-state index is 0.264. The van der Waals surface area contributed by atoms with Crippen LogP contribution in [0.2, 0.25) is 0 Å². The van der Waals surface area contributed by atoms with Crippen molar-refractivity contribution < 1.29 is 5.11 Å². The van der Waals surface area contributed by atoms with Crippen LogP contribution in [0.1, 0.15) is 11.1 Å². The van der Waals surface area contributed by atoms with Gasteiger partial charge in [0.05, 0.1) is 0 Å². The first kappa shape index (κ1) is 15.3. The predicted molar refractivity (Wildman–Crippen MR) is 101 cm³/mol. The Hall–Kier alpha value is -2.59. The average Bonchev–Trinajstić information content (AvgIpc) is 2.52. The molecule has 0 saturated carbocycles. The molecule has 0 radical (unpaired) electrons. The predicted octanol–water partition coefficient (Wildman–Crippen LogP) is 4.97. The number of para-hydroxylation sites is 1. The summed E-state index contributed by atoms with van der Waals surface area (Å²) in [6.07, 6.45) is 0. The standard InChI is InChI=1S/C19H18N2OS/c1-12-6-3-7-13(2)18(12)21-19(23)20-16-10-4-9-15-14(16)8-5-11-17(15)22/h3-11,22H,1-2H3,(H2,20,21,23). The zero-order valence-corrected chi connectivity index (χ0v) is 13.9. The molecule has 0 aromatic heterocycles. The minimum Gasteiger partial charge on any atom is -0.507 e. The maximum atomic E-state index is 9.96. The van der Waals surface area contributed by atoms with Crippen molar-refractivity contribution in [2.24, 2.45) is 0 Å². The van der Waals surface area contributed by atoms with Crippen molar-refractivity contribution in [1.29, 1.82) is 0 Å². The summed E-state index contributed by atoms with van der Waals surface area (Å²) in [5.74, 6) is 0.264. The molecule has 0 amide bonds. The van der Waals surface area contributed by atoms with E-state index in [2.05, 4.69) is 10.6 Å². The SMILES string of the molecule is Cc1cccc(C)c1NC(=S)Nc1cccc2c(O)cccc12. The van der Waals surface area contributed by atoms with Crippen molar-refractivity contribution in [2.45, 2.75) is 13.8 Å². The number of thiocarbonyl (C=S) groups is 1. The molecular formula is C19H18N2OS. The highest BCUT2D eigenvalue weighted by Gasteiger charge is 2.08. The first-order valence-corrected chi connectivity index (χ1v) is 7.82. The van der Waals surface area contributed by atoms with E-state index in [1.165, 1.54) is 0 Å². The van der Waals surface area contributed by atoms with E-state index in [-0.39, 0.29) is 5.75 Å². The fourth-order valence-corrected chi connectivity index (χ4v) is 2.89. The summed E-state index contributed by atoms with van der Waals surface area (Å²) in [6, 6.07) is 17.3. The molecule has 0 unspecified atom stereocenters. The van der Waals surface area contributed by atoms with Crippen LogP contribution in [0.25, 0.3) is 10.8 Å². The van der Waals surface area contributed by atoms with Crippen LogP contribution >= 0.6 is 12.2 Å². The number of hydrogen-bond donors (Lipinski definition) is 3. The van der Waals surface area contributed by atoms with Gasteiger partial charge < -0.3 is 15.7 Å². The Bertz CT molecular complexity index is 869. The summed E-state index contributed by atoms with van der Waals surface area (Å²) in [4.78, 5) is 0. The first-order chi connectivity index (χ1) is 11.1. The number of aryl methyl sites for hydroxylation is 2. The van der Waals surface area contributed by atoms with Crippen LogP contribution in [-0.2, 0) is 0 Å². The van der Waals surface area contributed by atoms with Gasteiger partial charge in [0.1, 0.15) is 5.75 Å². The summed E-state index contributed by atoms with van der Waals surface area (Å²) in [5.41, 5.74) is 4.17. The lowest BCUT2D eigenvalue weighted by molar-refractivity contribution is 0.481. The van der Waals surface area contributed by atoms with Crippen LogP contribution in [0.4, 0.5) is 11.4 Å². The molecule has 0 aliphatic carbocycles. The number of aromatic hydroxyl groups is 1. The lowest BCUT2D eigenvalue weighted by atomic mass is 10.1. The monoisotopic (exact) mass is 322 g/mol. The zero-order chi connectivity index (χ0) is 16.4. The van der Waals surface area contributed by atoms with Crippen molar-refractivity contribution in [3.63, 3.8) is 0 Å². The Morgan fingerprint density at radius 1 is 0.826 bits per heavy atom. The molecule has 0 aliphatic heterocycles. The summed E-state index contributed by atoms with van der Waals surface area (Å²) in [6.45, 7) is 4.10. The molecule has 3 N–H and O–H groups in total. The molecule has 4 heteroatoms. The summed E-state index contributed by atoms with van der Waals surface area (Å²) >= 11 is 5.45. The van der Waals surface area contributed by atoms with E-state index in [0.717, 1.165) is 33.3 Å². The van der Waals surface area contributed by atoms with E-state index in [0.29, 0.717) is 5.11 Å². The molecule has 0 fully saturated rings. The number of benzene rings is 3. The number of phenolic OH excluding ortho intramolecular Hbond substituents is 1. The van der Waals surface area contributed by atoms with Crippen LogP contribution in [0.3, 0.4) is 0 Å². The number of rotatable bonds is 2. The van der Waals surface area contributed by atoms with E-state index >= 15 is 0 Å². The molecular weight excluding hydrogens is 304 g/mol. The van der Waals surface area contributed by atoms with Crippen molar-refractivity contribution >= 4 is 39.5 Å². The average molecular weight is 322 g/mol. The third-order valence-electron chi connectivity index (χ3n) is 3.87. The lowest BCUT2D eigenvalue weighted by Crippen LogP contribution is -2.20. The Labute approximate surface area is 141 Å².